The average molecular weight is 566 g/mol. The molecule has 1 aromatic carbocycles. The number of nitrogens with two attached hydrogens (primary N) is 1. The van der Waals surface area contributed by atoms with Gasteiger partial charge in [0.25, 0.3) is 0 Å². The fourth-order valence-electron chi connectivity index (χ4n) is 5.45. The highest BCUT2D eigenvalue weighted by Crippen LogP contribution is 2.36. The van der Waals surface area contributed by atoms with Crippen LogP contribution in [0.15, 0.2) is 47.6 Å². The molecule has 1 amide bonds. The number of esters is 1. The van der Waals surface area contributed by atoms with Crippen molar-refractivity contribution in [2.75, 3.05) is 13.7 Å². The van der Waals surface area contributed by atoms with Crippen molar-refractivity contribution in [3.05, 3.63) is 48.2 Å². The number of aromatic nitrogens is 1. The Morgan fingerprint density at radius 3 is 2.56 bits per heavy atom. The lowest BCUT2D eigenvalue weighted by molar-refractivity contribution is -0.148. The Bertz CT molecular complexity index is 1210. The summed E-state index contributed by atoms with van der Waals surface area (Å²) in [5.74, 6) is 1.25. The minimum atomic E-state index is -0.871. The second kappa shape index (κ2) is 13.8. The third-order valence-corrected chi connectivity index (χ3v) is 7.54. The van der Waals surface area contributed by atoms with Crippen LogP contribution in [0.25, 0.3) is 0 Å². The van der Waals surface area contributed by atoms with E-state index in [-0.39, 0.29) is 25.0 Å². The van der Waals surface area contributed by atoms with Gasteiger partial charge in [0, 0.05) is 30.6 Å². The number of hydrogen-bond acceptors (Lipinski definition) is 9. The van der Waals surface area contributed by atoms with Crippen LogP contribution in [0.3, 0.4) is 0 Å². The number of methoxy groups -OCH3 is 1. The van der Waals surface area contributed by atoms with Crippen molar-refractivity contribution in [3.63, 3.8) is 0 Å². The molecule has 1 saturated carbocycles. The molecule has 0 spiro atoms. The molecule has 222 valence electrons. The number of guanidine groups is 1. The standard InChI is InChI=1S/C31H43N5O5/c1-31(2,3)40-20-25(29(38)39-4)34-27(37)16-15-26(21-11-7-5-8-12-21)36-19-22-17-28(33-18-24(22)35-30(36)32)41-23-13-9-6-10-14-23/h6,9-10,13-14,17-18,21,25-26H,5,7-8,11-12,15-16,19-20H2,1-4H3,(H2,32,35)(H,34,37)/t25?,26-/m0/s1. The molecule has 2 atom stereocenters. The maximum atomic E-state index is 13.1. The summed E-state index contributed by atoms with van der Waals surface area (Å²) < 4.78 is 16.6. The van der Waals surface area contributed by atoms with Gasteiger partial charge in [-0.25, -0.2) is 14.8 Å². The number of para-hydroxylation sites is 1. The summed E-state index contributed by atoms with van der Waals surface area (Å²) in [5.41, 5.74) is 7.76. The third-order valence-electron chi connectivity index (χ3n) is 7.54. The minimum absolute atomic E-state index is 0.0204. The summed E-state index contributed by atoms with van der Waals surface area (Å²) in [7, 11) is 1.31. The molecule has 1 fully saturated rings. The number of fused-ring (bicyclic) bond motifs is 1. The van der Waals surface area contributed by atoms with Gasteiger partial charge in [0.2, 0.25) is 11.8 Å². The van der Waals surface area contributed by atoms with Crippen molar-refractivity contribution in [3.8, 4) is 11.6 Å². The van der Waals surface area contributed by atoms with Crippen molar-refractivity contribution in [2.45, 2.75) is 89.9 Å². The van der Waals surface area contributed by atoms with Crippen molar-refractivity contribution >= 4 is 23.5 Å². The first-order chi connectivity index (χ1) is 19.6. The zero-order chi connectivity index (χ0) is 29.4. The number of rotatable bonds is 11. The first kappa shape index (κ1) is 30.3. The molecule has 0 saturated heterocycles. The normalized spacial score (nSPS) is 17.2. The fourth-order valence-corrected chi connectivity index (χ4v) is 5.45. The zero-order valence-electron chi connectivity index (χ0n) is 24.6. The van der Waals surface area contributed by atoms with E-state index in [9.17, 15) is 9.59 Å². The molecule has 2 heterocycles. The van der Waals surface area contributed by atoms with Crippen LogP contribution in [0.1, 0.15) is 71.3 Å². The summed E-state index contributed by atoms with van der Waals surface area (Å²) in [6.07, 6.45) is 8.18. The van der Waals surface area contributed by atoms with Crippen molar-refractivity contribution in [2.24, 2.45) is 16.6 Å². The van der Waals surface area contributed by atoms with Crippen LogP contribution in [0, 0.1) is 5.92 Å². The maximum Gasteiger partial charge on any atom is 0.330 e. The van der Waals surface area contributed by atoms with Crippen LogP contribution in [-0.4, -0.2) is 59.1 Å². The number of carbonyl (C=O) groups excluding carboxylic acids is 2. The summed E-state index contributed by atoms with van der Waals surface area (Å²) in [6.45, 7) is 6.28. The molecule has 1 aliphatic carbocycles. The average Bonchev–Trinajstić information content (AvgIpc) is 2.96. The van der Waals surface area contributed by atoms with Gasteiger partial charge in [0.15, 0.2) is 12.0 Å². The zero-order valence-corrected chi connectivity index (χ0v) is 24.6. The molecule has 2 aliphatic rings. The van der Waals surface area contributed by atoms with Crippen LogP contribution in [-0.2, 0) is 25.6 Å². The van der Waals surface area contributed by atoms with E-state index in [1.165, 1.54) is 13.5 Å². The smallest absolute Gasteiger partial charge is 0.330 e. The first-order valence-electron chi connectivity index (χ1n) is 14.5. The number of ether oxygens (including phenoxy) is 3. The number of pyridine rings is 1. The number of carbonyl (C=O) groups is 2. The molecule has 0 radical (unpaired) electrons. The second-order valence-corrected chi connectivity index (χ2v) is 11.7. The van der Waals surface area contributed by atoms with Gasteiger partial charge in [-0.2, -0.15) is 0 Å². The SMILES string of the molecule is COC(=O)C(COC(C)(C)C)NC(=O)CC[C@@H](C1CCCCC1)N1Cc2cc(Oc3ccccc3)ncc2N=C1N. The van der Waals surface area contributed by atoms with Crippen molar-refractivity contribution in [1.29, 1.82) is 0 Å². The molecule has 10 nitrogen and oxygen atoms in total. The summed E-state index contributed by atoms with van der Waals surface area (Å²) in [6, 6.07) is 10.6. The molecule has 2 aromatic rings. The highest BCUT2D eigenvalue weighted by Gasteiger charge is 2.33. The van der Waals surface area contributed by atoms with Gasteiger partial charge in [-0.05, 0) is 58.1 Å². The van der Waals surface area contributed by atoms with E-state index in [1.807, 2.05) is 57.2 Å². The lowest BCUT2D eigenvalue weighted by Gasteiger charge is -2.41. The summed E-state index contributed by atoms with van der Waals surface area (Å²) >= 11 is 0. The van der Waals surface area contributed by atoms with Gasteiger partial charge in [-0.3, -0.25) is 4.79 Å². The van der Waals surface area contributed by atoms with Gasteiger partial charge in [-0.15, -0.1) is 0 Å². The summed E-state index contributed by atoms with van der Waals surface area (Å²) in [4.78, 5) is 36.6. The van der Waals surface area contributed by atoms with E-state index in [2.05, 4.69) is 20.2 Å². The Hall–Kier alpha value is -3.66. The number of benzene rings is 1. The monoisotopic (exact) mass is 565 g/mol. The summed E-state index contributed by atoms with van der Waals surface area (Å²) in [5, 5.41) is 2.82. The van der Waals surface area contributed by atoms with Crippen LogP contribution in [0.5, 0.6) is 11.6 Å². The molecule has 0 bridgehead atoms. The van der Waals surface area contributed by atoms with Gasteiger partial charge < -0.3 is 30.2 Å². The molecule has 41 heavy (non-hydrogen) atoms. The molecule has 10 heteroatoms. The number of amides is 1. The van der Waals surface area contributed by atoms with Crippen molar-refractivity contribution < 1.29 is 23.8 Å². The van der Waals surface area contributed by atoms with E-state index in [0.717, 1.165) is 36.9 Å². The predicted octanol–water partition coefficient (Wildman–Crippen LogP) is 4.84. The molecular formula is C31H43N5O5. The number of hydrogen-bond donors (Lipinski definition) is 2. The molecule has 1 aliphatic heterocycles. The lowest BCUT2D eigenvalue weighted by atomic mass is 9.81. The molecular weight excluding hydrogens is 522 g/mol. The Balaban J connectivity index is 1.47. The van der Waals surface area contributed by atoms with Crippen LogP contribution < -0.4 is 15.8 Å². The van der Waals surface area contributed by atoms with Gasteiger partial charge in [-0.1, -0.05) is 37.5 Å². The first-order valence-corrected chi connectivity index (χ1v) is 14.5. The van der Waals surface area contributed by atoms with E-state index >= 15 is 0 Å². The van der Waals surface area contributed by atoms with Crippen LogP contribution in [0.4, 0.5) is 5.69 Å². The topological polar surface area (TPSA) is 128 Å². The maximum absolute atomic E-state index is 13.1. The van der Waals surface area contributed by atoms with Crippen molar-refractivity contribution in [1.82, 2.24) is 15.2 Å². The van der Waals surface area contributed by atoms with Gasteiger partial charge >= 0.3 is 5.97 Å². The highest BCUT2D eigenvalue weighted by atomic mass is 16.5. The number of aliphatic imine (C=N–C) groups is 1. The third kappa shape index (κ3) is 8.66. The predicted molar refractivity (Wildman–Crippen MR) is 157 cm³/mol. The quantitative estimate of drug-likeness (QED) is 0.371. The van der Waals surface area contributed by atoms with Crippen LogP contribution in [0.2, 0.25) is 0 Å². The number of nitrogens with zero attached hydrogens (tertiary/aromatic N) is 3. The highest BCUT2D eigenvalue weighted by molar-refractivity contribution is 5.85. The largest absolute Gasteiger partial charge is 0.467 e. The fraction of sp³-hybridized carbons (Fsp3) is 0.548. The van der Waals surface area contributed by atoms with Crippen LogP contribution >= 0.6 is 0 Å². The van der Waals surface area contributed by atoms with E-state index < -0.39 is 17.6 Å². The minimum Gasteiger partial charge on any atom is -0.467 e. The second-order valence-electron chi connectivity index (χ2n) is 11.7. The van der Waals surface area contributed by atoms with E-state index in [1.54, 1.807) is 6.20 Å². The van der Waals surface area contributed by atoms with Gasteiger partial charge in [0.05, 0.1) is 31.2 Å². The van der Waals surface area contributed by atoms with Gasteiger partial charge in [0.1, 0.15) is 5.75 Å². The Morgan fingerprint density at radius 1 is 1.15 bits per heavy atom. The Morgan fingerprint density at radius 2 is 1.88 bits per heavy atom. The molecule has 1 unspecified atom stereocenters. The lowest BCUT2D eigenvalue weighted by Crippen LogP contribution is -2.50. The Labute approximate surface area is 242 Å². The molecule has 3 N–H and O–H groups in total. The molecule has 4 rings (SSSR count). The number of nitrogens with one attached hydrogen (secondary N) is 1. The van der Waals surface area contributed by atoms with E-state index in [4.69, 9.17) is 19.9 Å². The Kier molecular flexibility index (Phi) is 10.2. The van der Waals surface area contributed by atoms with E-state index in [0.29, 0.717) is 36.5 Å². The molecule has 1 aromatic heterocycles.